The Bertz CT molecular complexity index is 719. The monoisotopic (exact) mass is 329 g/mol. The summed E-state index contributed by atoms with van der Waals surface area (Å²) in [7, 11) is -0.667. The van der Waals surface area contributed by atoms with Gasteiger partial charge in [-0.15, -0.1) is 0 Å². The zero-order valence-electron chi connectivity index (χ0n) is 15.2. The maximum absolute atomic E-state index is 15.6. The van der Waals surface area contributed by atoms with Crippen molar-refractivity contribution in [3.05, 3.63) is 23.5 Å². The molecular weight excluding hydrogens is 304 g/mol. The van der Waals surface area contributed by atoms with Crippen LogP contribution in [0.1, 0.15) is 65.9 Å². The van der Waals surface area contributed by atoms with Crippen molar-refractivity contribution in [3.8, 4) is 0 Å². The van der Waals surface area contributed by atoms with E-state index < -0.39 is 18.3 Å². The van der Waals surface area contributed by atoms with Crippen molar-refractivity contribution in [2.45, 2.75) is 76.9 Å². The predicted octanol–water partition coefficient (Wildman–Crippen LogP) is 4.04. The minimum atomic E-state index is -0.667. The molecule has 3 aliphatic rings. The number of rotatable bonds is 1. The summed E-state index contributed by atoms with van der Waals surface area (Å²) in [6.07, 6.45) is 4.23. The van der Waals surface area contributed by atoms with E-state index in [9.17, 15) is 0 Å². The minimum absolute atomic E-state index is 0.187. The molecule has 1 spiro atoms. The zero-order valence-corrected chi connectivity index (χ0v) is 15.2. The van der Waals surface area contributed by atoms with Crippen molar-refractivity contribution in [1.82, 2.24) is 0 Å². The molecule has 1 aromatic rings. The first-order valence-electron chi connectivity index (χ1n) is 8.92. The number of hydrogen-bond donors (Lipinski definition) is 0. The summed E-state index contributed by atoms with van der Waals surface area (Å²) < 4.78 is 27.7. The molecule has 0 atom stereocenters. The average Bonchev–Trinajstić information content (AvgIpc) is 3.11. The van der Waals surface area contributed by atoms with Gasteiger partial charge in [-0.1, -0.05) is 18.9 Å². The number of nitrogens with zero attached hydrogens (tertiary/aromatic N) is 1. The van der Waals surface area contributed by atoms with Crippen molar-refractivity contribution >= 4 is 24.0 Å². The maximum atomic E-state index is 15.6. The van der Waals surface area contributed by atoms with E-state index >= 15 is 4.39 Å². The second-order valence-corrected chi connectivity index (χ2v) is 8.44. The van der Waals surface area contributed by atoms with E-state index in [4.69, 9.17) is 9.31 Å². The first-order valence-corrected chi connectivity index (χ1v) is 8.92. The van der Waals surface area contributed by atoms with Crippen molar-refractivity contribution in [2.75, 3.05) is 0 Å². The summed E-state index contributed by atoms with van der Waals surface area (Å²) in [6, 6.07) is 3.70. The summed E-state index contributed by atoms with van der Waals surface area (Å²) in [5, 5.41) is 0. The highest BCUT2D eigenvalue weighted by molar-refractivity contribution is 6.62. The highest BCUT2D eigenvalue weighted by Gasteiger charge is 2.54. The van der Waals surface area contributed by atoms with E-state index in [0.717, 1.165) is 42.6 Å². The Morgan fingerprint density at radius 3 is 2.21 bits per heavy atom. The SMILES string of the molecule is CC1=Nc2ccc(B3OC(C)(C)C(C)(C)O3)c(F)c2C12CCCC2. The van der Waals surface area contributed by atoms with Gasteiger partial charge < -0.3 is 9.31 Å². The number of halogens is 1. The molecule has 3 nitrogen and oxygen atoms in total. The molecule has 0 bridgehead atoms. The quantitative estimate of drug-likeness (QED) is 0.728. The van der Waals surface area contributed by atoms with Crippen LogP contribution in [0.5, 0.6) is 0 Å². The van der Waals surface area contributed by atoms with E-state index in [1.807, 2.05) is 40.7 Å². The number of fused-ring (bicyclic) bond motifs is 2. The van der Waals surface area contributed by atoms with Crippen molar-refractivity contribution in [2.24, 2.45) is 4.99 Å². The minimum Gasteiger partial charge on any atom is -0.399 e. The molecule has 0 aromatic heterocycles. The third-order valence-electron chi connectivity index (χ3n) is 6.57. The highest BCUT2D eigenvalue weighted by atomic mass is 19.1. The summed E-state index contributed by atoms with van der Waals surface area (Å²) >= 11 is 0. The topological polar surface area (TPSA) is 30.8 Å². The van der Waals surface area contributed by atoms with Gasteiger partial charge in [0.2, 0.25) is 0 Å². The van der Waals surface area contributed by atoms with Gasteiger partial charge in [0.25, 0.3) is 0 Å². The number of hydrogen-bond acceptors (Lipinski definition) is 3. The molecule has 0 unspecified atom stereocenters. The van der Waals surface area contributed by atoms with Crippen LogP contribution in [0, 0.1) is 5.82 Å². The van der Waals surface area contributed by atoms with Gasteiger partial charge in [-0.05, 0) is 53.5 Å². The molecule has 1 saturated carbocycles. The van der Waals surface area contributed by atoms with Crippen LogP contribution in [-0.2, 0) is 14.7 Å². The van der Waals surface area contributed by atoms with Crippen LogP contribution in [0.4, 0.5) is 10.1 Å². The average molecular weight is 329 g/mol. The van der Waals surface area contributed by atoms with Gasteiger partial charge in [-0.3, -0.25) is 4.99 Å². The fraction of sp³-hybridized carbons (Fsp3) is 0.632. The molecular formula is C19H25BFNO2. The van der Waals surface area contributed by atoms with Crippen LogP contribution in [0.3, 0.4) is 0 Å². The van der Waals surface area contributed by atoms with Gasteiger partial charge in [0.05, 0.1) is 16.9 Å². The Morgan fingerprint density at radius 2 is 1.62 bits per heavy atom. The van der Waals surface area contributed by atoms with Crippen LogP contribution in [0.25, 0.3) is 0 Å². The van der Waals surface area contributed by atoms with Crippen LogP contribution in [0.2, 0.25) is 0 Å². The third-order valence-corrected chi connectivity index (χ3v) is 6.57. The van der Waals surface area contributed by atoms with Gasteiger partial charge in [-0.25, -0.2) is 4.39 Å². The molecule has 4 rings (SSSR count). The molecule has 1 saturated heterocycles. The van der Waals surface area contributed by atoms with E-state index in [-0.39, 0.29) is 11.2 Å². The third kappa shape index (κ3) is 2.00. The lowest BCUT2D eigenvalue weighted by atomic mass is 9.71. The Labute approximate surface area is 143 Å². The first-order chi connectivity index (χ1) is 11.2. The molecule has 0 radical (unpaired) electrons. The molecule has 1 aromatic carbocycles. The van der Waals surface area contributed by atoms with Crippen LogP contribution in [-0.4, -0.2) is 24.0 Å². The van der Waals surface area contributed by atoms with E-state index in [1.165, 1.54) is 0 Å². The van der Waals surface area contributed by atoms with Crippen molar-refractivity contribution in [3.63, 3.8) is 0 Å². The van der Waals surface area contributed by atoms with Gasteiger partial charge >= 0.3 is 7.12 Å². The molecule has 2 heterocycles. The van der Waals surface area contributed by atoms with Gasteiger partial charge in [0.15, 0.2) is 0 Å². The van der Waals surface area contributed by atoms with Crippen LogP contribution in [0.15, 0.2) is 17.1 Å². The lowest BCUT2D eigenvalue weighted by molar-refractivity contribution is 0.00578. The van der Waals surface area contributed by atoms with Crippen LogP contribution < -0.4 is 5.46 Å². The summed E-state index contributed by atoms with van der Waals surface area (Å²) in [5.41, 5.74) is 1.96. The molecule has 2 fully saturated rings. The zero-order chi connectivity index (χ0) is 17.3. The second kappa shape index (κ2) is 4.92. The fourth-order valence-electron chi connectivity index (χ4n) is 4.34. The fourth-order valence-corrected chi connectivity index (χ4v) is 4.34. The van der Waals surface area contributed by atoms with Gasteiger partial charge in [-0.2, -0.15) is 0 Å². The highest BCUT2D eigenvalue weighted by Crippen LogP contribution is 2.51. The summed E-state index contributed by atoms with van der Waals surface area (Å²) in [6.45, 7) is 10.0. The summed E-state index contributed by atoms with van der Waals surface area (Å²) in [5.74, 6) is -0.187. The van der Waals surface area contributed by atoms with Crippen molar-refractivity contribution in [1.29, 1.82) is 0 Å². The largest absolute Gasteiger partial charge is 0.497 e. The molecule has 2 aliphatic heterocycles. The Balaban J connectivity index is 1.79. The Morgan fingerprint density at radius 1 is 1.04 bits per heavy atom. The normalized spacial score (nSPS) is 26.1. The first kappa shape index (κ1) is 16.3. The Hall–Kier alpha value is -1.20. The standard InChI is InChI=1S/C19H25BFNO2/c1-12-19(10-6-7-11-19)15-14(22-12)9-8-13(16(15)21)20-23-17(2,3)18(4,5)24-20/h8-9H,6-7,10-11H2,1-5H3. The lowest BCUT2D eigenvalue weighted by Gasteiger charge is -2.32. The smallest absolute Gasteiger partial charge is 0.399 e. The molecule has 1 aliphatic carbocycles. The van der Waals surface area contributed by atoms with E-state index in [1.54, 1.807) is 6.07 Å². The number of aliphatic imine (C=N–C) groups is 1. The second-order valence-electron chi connectivity index (χ2n) is 8.44. The molecule has 128 valence electrons. The van der Waals surface area contributed by atoms with Gasteiger partial charge in [0.1, 0.15) is 5.82 Å². The van der Waals surface area contributed by atoms with Crippen molar-refractivity contribution < 1.29 is 13.7 Å². The number of benzene rings is 1. The maximum Gasteiger partial charge on any atom is 0.497 e. The van der Waals surface area contributed by atoms with E-state index in [0.29, 0.717) is 5.46 Å². The van der Waals surface area contributed by atoms with Gasteiger partial charge in [0, 0.05) is 22.2 Å². The molecule has 5 heteroatoms. The lowest BCUT2D eigenvalue weighted by Crippen LogP contribution is -2.41. The predicted molar refractivity (Wildman–Crippen MR) is 95.0 cm³/mol. The van der Waals surface area contributed by atoms with Crippen LogP contribution >= 0.6 is 0 Å². The molecule has 0 amide bonds. The molecule has 0 N–H and O–H groups in total. The van der Waals surface area contributed by atoms with E-state index in [2.05, 4.69) is 4.99 Å². The molecule has 24 heavy (non-hydrogen) atoms. The Kier molecular flexibility index (Phi) is 3.34. The summed E-state index contributed by atoms with van der Waals surface area (Å²) in [4.78, 5) is 4.67.